The molecule has 0 fully saturated rings. The first-order valence-corrected chi connectivity index (χ1v) is 6.96. The molecule has 20 heavy (non-hydrogen) atoms. The Kier molecular flexibility index (Phi) is 4.82. The van der Waals surface area contributed by atoms with E-state index in [1.165, 1.54) is 0 Å². The van der Waals surface area contributed by atoms with Crippen LogP contribution in [-0.4, -0.2) is 29.1 Å². The summed E-state index contributed by atoms with van der Waals surface area (Å²) in [6, 6.07) is 11.7. The molecule has 2 aromatic rings. The van der Waals surface area contributed by atoms with Crippen molar-refractivity contribution in [1.82, 2.24) is 9.47 Å². The third-order valence-corrected chi connectivity index (χ3v) is 3.21. The molecule has 2 amide bonds. The Labute approximate surface area is 120 Å². The Morgan fingerprint density at radius 3 is 2.45 bits per heavy atom. The van der Waals surface area contributed by atoms with Crippen molar-refractivity contribution in [3.05, 3.63) is 48.8 Å². The zero-order chi connectivity index (χ0) is 14.4. The zero-order valence-electron chi connectivity index (χ0n) is 12.0. The summed E-state index contributed by atoms with van der Waals surface area (Å²) in [7, 11) is 1.82. The van der Waals surface area contributed by atoms with Crippen LogP contribution in [0, 0.1) is 0 Å². The maximum absolute atomic E-state index is 11.9. The lowest BCUT2D eigenvalue weighted by Gasteiger charge is -2.17. The number of urea groups is 1. The largest absolute Gasteiger partial charge is 0.328 e. The predicted octanol–water partition coefficient (Wildman–Crippen LogP) is 3.74. The quantitative estimate of drug-likeness (QED) is 0.883. The lowest BCUT2D eigenvalue weighted by atomic mass is 10.3. The van der Waals surface area contributed by atoms with Crippen LogP contribution in [0.3, 0.4) is 0 Å². The molecule has 106 valence electrons. The summed E-state index contributed by atoms with van der Waals surface area (Å²) in [6.07, 6.45) is 6.10. The predicted molar refractivity (Wildman–Crippen MR) is 82.3 cm³/mol. The Morgan fingerprint density at radius 1 is 1.20 bits per heavy atom. The van der Waals surface area contributed by atoms with Crippen LogP contribution >= 0.6 is 0 Å². The highest BCUT2D eigenvalue weighted by Crippen LogP contribution is 2.14. The van der Waals surface area contributed by atoms with E-state index < -0.39 is 0 Å². The molecule has 1 aromatic carbocycles. The van der Waals surface area contributed by atoms with Gasteiger partial charge in [0.2, 0.25) is 0 Å². The molecule has 0 bridgehead atoms. The Hall–Kier alpha value is -2.23. The topological polar surface area (TPSA) is 37.3 Å². The molecule has 1 N–H and O–H groups in total. The maximum Gasteiger partial charge on any atom is 0.321 e. The molecule has 2 rings (SSSR count). The Morgan fingerprint density at radius 2 is 1.85 bits per heavy atom. The summed E-state index contributed by atoms with van der Waals surface area (Å²) in [6.45, 7) is 2.90. The smallest absolute Gasteiger partial charge is 0.321 e. The lowest BCUT2D eigenvalue weighted by Crippen LogP contribution is -2.32. The molecule has 1 heterocycles. The van der Waals surface area contributed by atoms with Crippen LogP contribution in [0.2, 0.25) is 0 Å². The zero-order valence-corrected chi connectivity index (χ0v) is 12.0. The van der Waals surface area contributed by atoms with Crippen LogP contribution in [0.1, 0.15) is 19.8 Å². The lowest BCUT2D eigenvalue weighted by molar-refractivity contribution is 0.222. The normalized spacial score (nSPS) is 10.3. The van der Waals surface area contributed by atoms with E-state index in [1.807, 2.05) is 60.4 Å². The molecule has 0 aliphatic carbocycles. The van der Waals surface area contributed by atoms with Gasteiger partial charge in [0.25, 0.3) is 0 Å². The van der Waals surface area contributed by atoms with Crippen LogP contribution in [0.25, 0.3) is 5.69 Å². The van der Waals surface area contributed by atoms with E-state index in [1.54, 1.807) is 4.90 Å². The van der Waals surface area contributed by atoms with E-state index in [-0.39, 0.29) is 6.03 Å². The van der Waals surface area contributed by atoms with Gasteiger partial charge in [0, 0.05) is 37.4 Å². The molecule has 1 aromatic heterocycles. The van der Waals surface area contributed by atoms with Crippen molar-refractivity contribution in [3.63, 3.8) is 0 Å². The standard InChI is InChI=1S/C16H21N3O/c1-3-4-11-18(2)16(20)17-14-7-9-15(10-8-14)19-12-5-6-13-19/h5-10,12-13H,3-4,11H2,1-2H3,(H,17,20). The van der Waals surface area contributed by atoms with Crippen molar-refractivity contribution in [2.24, 2.45) is 0 Å². The summed E-state index contributed by atoms with van der Waals surface area (Å²) in [4.78, 5) is 13.7. The van der Waals surface area contributed by atoms with Crippen LogP contribution in [-0.2, 0) is 0 Å². The van der Waals surface area contributed by atoms with Gasteiger partial charge in [0.05, 0.1) is 0 Å². The summed E-state index contributed by atoms with van der Waals surface area (Å²) >= 11 is 0. The van der Waals surface area contributed by atoms with E-state index in [4.69, 9.17) is 0 Å². The molecule has 0 aliphatic heterocycles. The van der Waals surface area contributed by atoms with Gasteiger partial charge in [0.15, 0.2) is 0 Å². The highest BCUT2D eigenvalue weighted by molar-refractivity contribution is 5.89. The number of hydrogen-bond donors (Lipinski definition) is 1. The number of hydrogen-bond acceptors (Lipinski definition) is 1. The minimum absolute atomic E-state index is 0.0628. The number of unbranched alkanes of at least 4 members (excludes halogenated alkanes) is 1. The number of benzene rings is 1. The van der Waals surface area contributed by atoms with Gasteiger partial charge in [-0.05, 0) is 42.8 Å². The van der Waals surface area contributed by atoms with Crippen molar-refractivity contribution in [2.75, 3.05) is 18.9 Å². The van der Waals surface area contributed by atoms with E-state index in [0.29, 0.717) is 0 Å². The van der Waals surface area contributed by atoms with Crippen LogP contribution in [0.4, 0.5) is 10.5 Å². The molecule has 0 saturated heterocycles. The fraction of sp³-hybridized carbons (Fsp3) is 0.312. The number of rotatable bonds is 5. The molecule has 4 heteroatoms. The first-order valence-electron chi connectivity index (χ1n) is 6.96. The first-order chi connectivity index (χ1) is 9.70. The Bertz CT molecular complexity index is 531. The van der Waals surface area contributed by atoms with Gasteiger partial charge < -0.3 is 14.8 Å². The summed E-state index contributed by atoms with van der Waals surface area (Å²) in [5, 5.41) is 2.90. The molecule has 4 nitrogen and oxygen atoms in total. The number of anilines is 1. The number of nitrogens with one attached hydrogen (secondary N) is 1. The van der Waals surface area contributed by atoms with E-state index in [2.05, 4.69) is 12.2 Å². The third kappa shape index (κ3) is 3.63. The highest BCUT2D eigenvalue weighted by atomic mass is 16.2. The molecule has 0 unspecified atom stereocenters. The van der Waals surface area contributed by atoms with Crippen LogP contribution in [0.15, 0.2) is 48.8 Å². The second-order valence-electron chi connectivity index (χ2n) is 4.84. The number of aromatic nitrogens is 1. The summed E-state index contributed by atoms with van der Waals surface area (Å²) in [5.41, 5.74) is 1.89. The minimum atomic E-state index is -0.0628. The first kappa shape index (κ1) is 14.2. The minimum Gasteiger partial charge on any atom is -0.328 e. The van der Waals surface area contributed by atoms with Gasteiger partial charge in [-0.2, -0.15) is 0 Å². The Balaban J connectivity index is 1.95. The van der Waals surface area contributed by atoms with Crippen molar-refractivity contribution < 1.29 is 4.79 Å². The van der Waals surface area contributed by atoms with Gasteiger partial charge in [0.1, 0.15) is 0 Å². The fourth-order valence-electron chi connectivity index (χ4n) is 1.94. The van der Waals surface area contributed by atoms with E-state index >= 15 is 0 Å². The average molecular weight is 271 g/mol. The van der Waals surface area contributed by atoms with E-state index in [9.17, 15) is 4.79 Å². The molecular formula is C16H21N3O. The average Bonchev–Trinajstić information content (AvgIpc) is 2.99. The highest BCUT2D eigenvalue weighted by Gasteiger charge is 2.07. The summed E-state index contributed by atoms with van der Waals surface area (Å²) in [5.74, 6) is 0. The number of carbonyl (C=O) groups excluding carboxylic acids is 1. The van der Waals surface area contributed by atoms with Gasteiger partial charge in [-0.15, -0.1) is 0 Å². The van der Waals surface area contributed by atoms with Gasteiger partial charge >= 0.3 is 6.03 Å². The second-order valence-corrected chi connectivity index (χ2v) is 4.84. The molecule has 0 aliphatic rings. The fourth-order valence-corrected chi connectivity index (χ4v) is 1.94. The number of amides is 2. The van der Waals surface area contributed by atoms with Crippen molar-refractivity contribution in [2.45, 2.75) is 19.8 Å². The molecule has 0 atom stereocenters. The molecule has 0 saturated carbocycles. The number of nitrogens with zero attached hydrogens (tertiary/aromatic N) is 2. The molecule has 0 spiro atoms. The maximum atomic E-state index is 11.9. The second kappa shape index (κ2) is 6.80. The van der Waals surface area contributed by atoms with Crippen molar-refractivity contribution in [1.29, 1.82) is 0 Å². The van der Waals surface area contributed by atoms with Gasteiger partial charge in [-0.1, -0.05) is 13.3 Å². The summed E-state index contributed by atoms with van der Waals surface area (Å²) < 4.78 is 2.03. The van der Waals surface area contributed by atoms with E-state index in [0.717, 1.165) is 30.8 Å². The SMILES string of the molecule is CCCCN(C)C(=O)Nc1ccc(-n2cccc2)cc1. The number of carbonyl (C=O) groups is 1. The van der Waals surface area contributed by atoms with Gasteiger partial charge in [-0.3, -0.25) is 0 Å². The molecular weight excluding hydrogens is 250 g/mol. The van der Waals surface area contributed by atoms with Crippen LogP contribution in [0.5, 0.6) is 0 Å². The third-order valence-electron chi connectivity index (χ3n) is 3.21. The van der Waals surface area contributed by atoms with Crippen molar-refractivity contribution >= 4 is 11.7 Å². The monoisotopic (exact) mass is 271 g/mol. The van der Waals surface area contributed by atoms with Crippen LogP contribution < -0.4 is 5.32 Å². The van der Waals surface area contributed by atoms with Crippen molar-refractivity contribution in [3.8, 4) is 5.69 Å². The molecule has 0 radical (unpaired) electrons. The van der Waals surface area contributed by atoms with Gasteiger partial charge in [-0.25, -0.2) is 4.79 Å².